The van der Waals surface area contributed by atoms with Crippen molar-refractivity contribution in [3.63, 3.8) is 0 Å². The zero-order valence-corrected chi connectivity index (χ0v) is 8.69. The monoisotopic (exact) mass is 209 g/mol. The summed E-state index contributed by atoms with van der Waals surface area (Å²) >= 11 is 0. The lowest BCUT2D eigenvalue weighted by atomic mass is 10.1. The average Bonchev–Trinajstić information content (AvgIpc) is 2.30. The Bertz CT molecular complexity index is 179. The van der Waals surface area contributed by atoms with Gasteiger partial charge in [0.2, 0.25) is 0 Å². The van der Waals surface area contributed by atoms with Gasteiger partial charge in [0.15, 0.2) is 0 Å². The maximum Gasteiger partial charge on any atom is 0.390 e. The summed E-state index contributed by atoms with van der Waals surface area (Å²) in [5.41, 5.74) is 0. The lowest BCUT2D eigenvalue weighted by molar-refractivity contribution is -0.139. The predicted octanol–water partition coefficient (Wildman–Crippen LogP) is 3.11. The lowest BCUT2D eigenvalue weighted by Gasteiger charge is -2.20. The quantitative estimate of drug-likeness (QED) is 0.753. The number of nitrogens with one attached hydrogen (secondary N) is 1. The van der Waals surface area contributed by atoms with Crippen LogP contribution in [0.1, 0.15) is 39.5 Å². The highest BCUT2D eigenvalue weighted by atomic mass is 19.4. The molecule has 1 N–H and O–H groups in total. The fourth-order valence-electron chi connectivity index (χ4n) is 2.17. The molecule has 1 rings (SSSR count). The Morgan fingerprint density at radius 1 is 1.36 bits per heavy atom. The summed E-state index contributed by atoms with van der Waals surface area (Å²) in [6.45, 7) is 3.76. The molecule has 1 aliphatic carbocycles. The summed E-state index contributed by atoms with van der Waals surface area (Å²) in [6, 6.07) is -0.160. The van der Waals surface area contributed by atoms with Crippen molar-refractivity contribution in [2.24, 2.45) is 5.92 Å². The molecule has 0 bridgehead atoms. The minimum absolute atomic E-state index is 0.294. The maximum absolute atomic E-state index is 12.0. The lowest BCUT2D eigenvalue weighted by Crippen LogP contribution is -2.37. The van der Waals surface area contributed by atoms with Gasteiger partial charge in [-0.2, -0.15) is 13.2 Å². The molecule has 0 spiro atoms. The van der Waals surface area contributed by atoms with E-state index < -0.39 is 18.6 Å². The first-order chi connectivity index (χ1) is 6.37. The van der Waals surface area contributed by atoms with Gasteiger partial charge < -0.3 is 5.32 Å². The van der Waals surface area contributed by atoms with Gasteiger partial charge in [-0.05, 0) is 32.1 Å². The molecule has 14 heavy (non-hydrogen) atoms. The van der Waals surface area contributed by atoms with Gasteiger partial charge in [-0.15, -0.1) is 0 Å². The molecular formula is C10H18F3N. The molecule has 84 valence electrons. The molecule has 0 saturated heterocycles. The fourth-order valence-corrected chi connectivity index (χ4v) is 2.17. The largest absolute Gasteiger partial charge is 0.390 e. The second kappa shape index (κ2) is 4.51. The molecule has 0 aliphatic heterocycles. The van der Waals surface area contributed by atoms with E-state index >= 15 is 0 Å². The van der Waals surface area contributed by atoms with E-state index in [4.69, 9.17) is 0 Å². The van der Waals surface area contributed by atoms with Crippen molar-refractivity contribution in [2.45, 2.75) is 57.8 Å². The normalized spacial score (nSPS) is 30.6. The number of hydrogen-bond donors (Lipinski definition) is 1. The molecular weight excluding hydrogens is 191 g/mol. The van der Waals surface area contributed by atoms with E-state index in [1.54, 1.807) is 6.92 Å². The Kier molecular flexibility index (Phi) is 3.81. The topological polar surface area (TPSA) is 12.0 Å². The first-order valence-electron chi connectivity index (χ1n) is 5.19. The number of hydrogen-bond acceptors (Lipinski definition) is 1. The van der Waals surface area contributed by atoms with Gasteiger partial charge in [0.1, 0.15) is 0 Å². The Morgan fingerprint density at radius 3 is 2.43 bits per heavy atom. The Balaban J connectivity index is 2.24. The molecule has 0 aromatic rings. The van der Waals surface area contributed by atoms with Crippen molar-refractivity contribution in [1.82, 2.24) is 5.32 Å². The minimum atomic E-state index is -4.05. The highest BCUT2D eigenvalue weighted by molar-refractivity contribution is 4.81. The first-order valence-corrected chi connectivity index (χ1v) is 5.19. The van der Waals surface area contributed by atoms with Crippen LogP contribution >= 0.6 is 0 Å². The zero-order chi connectivity index (χ0) is 10.8. The number of alkyl halides is 3. The Labute approximate surface area is 83.1 Å². The fraction of sp³-hybridized carbons (Fsp3) is 1.00. The van der Waals surface area contributed by atoms with E-state index in [-0.39, 0.29) is 0 Å². The van der Waals surface area contributed by atoms with E-state index in [1.807, 2.05) is 0 Å². The summed E-state index contributed by atoms with van der Waals surface area (Å²) in [6.07, 6.45) is -1.60. The standard InChI is InChI=1S/C10H18F3N/c1-7-3-4-9(5-7)14-8(2)6-10(11,12)13/h7-9,14H,3-6H2,1-2H3. The molecule has 0 radical (unpaired) electrons. The third-order valence-electron chi connectivity index (χ3n) is 2.75. The molecule has 3 atom stereocenters. The highest BCUT2D eigenvalue weighted by Gasteiger charge is 2.31. The second-order valence-electron chi connectivity index (χ2n) is 4.50. The van der Waals surface area contributed by atoms with Crippen LogP contribution in [0, 0.1) is 5.92 Å². The van der Waals surface area contributed by atoms with Crippen LogP contribution in [0.5, 0.6) is 0 Å². The van der Waals surface area contributed by atoms with Gasteiger partial charge in [0.05, 0.1) is 6.42 Å². The van der Waals surface area contributed by atoms with Crippen LogP contribution in [0.3, 0.4) is 0 Å². The Hall–Kier alpha value is -0.250. The molecule has 3 unspecified atom stereocenters. The van der Waals surface area contributed by atoms with Gasteiger partial charge in [0.25, 0.3) is 0 Å². The second-order valence-corrected chi connectivity index (χ2v) is 4.50. The van der Waals surface area contributed by atoms with Gasteiger partial charge in [-0.1, -0.05) is 6.92 Å². The zero-order valence-electron chi connectivity index (χ0n) is 8.69. The molecule has 1 aliphatic rings. The molecule has 0 aromatic carbocycles. The maximum atomic E-state index is 12.0. The molecule has 1 saturated carbocycles. The summed E-state index contributed by atoms with van der Waals surface area (Å²) in [7, 11) is 0. The van der Waals surface area contributed by atoms with Crippen molar-refractivity contribution in [3.8, 4) is 0 Å². The van der Waals surface area contributed by atoms with Crippen LogP contribution in [0.15, 0.2) is 0 Å². The van der Waals surface area contributed by atoms with Crippen molar-refractivity contribution in [2.75, 3.05) is 0 Å². The van der Waals surface area contributed by atoms with Crippen LogP contribution in [0.25, 0.3) is 0 Å². The highest BCUT2D eigenvalue weighted by Crippen LogP contribution is 2.27. The van der Waals surface area contributed by atoms with E-state index in [2.05, 4.69) is 12.2 Å². The molecule has 0 amide bonds. The predicted molar refractivity (Wildman–Crippen MR) is 50.1 cm³/mol. The van der Waals surface area contributed by atoms with Gasteiger partial charge in [-0.3, -0.25) is 0 Å². The van der Waals surface area contributed by atoms with E-state index in [0.29, 0.717) is 12.0 Å². The minimum Gasteiger partial charge on any atom is -0.311 e. The van der Waals surface area contributed by atoms with E-state index in [9.17, 15) is 13.2 Å². The smallest absolute Gasteiger partial charge is 0.311 e. The first kappa shape index (κ1) is 11.8. The van der Waals surface area contributed by atoms with E-state index in [1.165, 1.54) is 0 Å². The third kappa shape index (κ3) is 4.31. The van der Waals surface area contributed by atoms with Crippen molar-refractivity contribution in [3.05, 3.63) is 0 Å². The SMILES string of the molecule is CC1CCC(NC(C)CC(F)(F)F)C1. The molecule has 0 heterocycles. The summed E-state index contributed by atoms with van der Waals surface area (Å²) in [5.74, 6) is 0.658. The number of rotatable bonds is 3. The van der Waals surface area contributed by atoms with Gasteiger partial charge in [-0.25, -0.2) is 0 Å². The summed E-state index contributed by atoms with van der Waals surface area (Å²) in [4.78, 5) is 0. The van der Waals surface area contributed by atoms with Crippen LogP contribution in [-0.2, 0) is 0 Å². The Morgan fingerprint density at radius 2 is 2.00 bits per heavy atom. The van der Waals surface area contributed by atoms with Crippen LogP contribution in [0.4, 0.5) is 13.2 Å². The molecule has 0 aromatic heterocycles. The summed E-state index contributed by atoms with van der Waals surface area (Å²) < 4.78 is 36.1. The summed E-state index contributed by atoms with van der Waals surface area (Å²) in [5, 5.41) is 3.05. The van der Waals surface area contributed by atoms with Gasteiger partial charge in [0, 0.05) is 12.1 Å². The van der Waals surface area contributed by atoms with Crippen molar-refractivity contribution < 1.29 is 13.2 Å². The average molecular weight is 209 g/mol. The number of halogens is 3. The molecule has 1 fully saturated rings. The van der Waals surface area contributed by atoms with Crippen LogP contribution in [0.2, 0.25) is 0 Å². The van der Waals surface area contributed by atoms with Crippen molar-refractivity contribution in [1.29, 1.82) is 0 Å². The van der Waals surface area contributed by atoms with E-state index in [0.717, 1.165) is 19.3 Å². The van der Waals surface area contributed by atoms with Crippen molar-refractivity contribution >= 4 is 0 Å². The van der Waals surface area contributed by atoms with Crippen LogP contribution in [-0.4, -0.2) is 18.3 Å². The van der Waals surface area contributed by atoms with Gasteiger partial charge >= 0.3 is 6.18 Å². The third-order valence-corrected chi connectivity index (χ3v) is 2.75. The molecule has 4 heteroatoms. The molecule has 1 nitrogen and oxygen atoms in total. The van der Waals surface area contributed by atoms with Crippen LogP contribution < -0.4 is 5.32 Å².